The normalized spacial score (nSPS) is 12.3. The molecule has 1 unspecified atom stereocenters. The predicted molar refractivity (Wildman–Crippen MR) is 100 cm³/mol. The van der Waals surface area contributed by atoms with Crippen LogP contribution >= 0.6 is 11.3 Å². The highest BCUT2D eigenvalue weighted by Gasteiger charge is 2.17. The van der Waals surface area contributed by atoms with Crippen molar-refractivity contribution in [1.29, 1.82) is 0 Å². The lowest BCUT2D eigenvalue weighted by molar-refractivity contribution is -0.122. The fraction of sp³-hybridized carbons (Fsp3) is 0.450. The van der Waals surface area contributed by atoms with E-state index < -0.39 is 0 Å². The maximum Gasteiger partial charge on any atom is 0.223 e. The third kappa shape index (κ3) is 5.77. The molecule has 0 saturated heterocycles. The van der Waals surface area contributed by atoms with E-state index >= 15 is 0 Å². The Kier molecular flexibility index (Phi) is 7.47. The van der Waals surface area contributed by atoms with Gasteiger partial charge in [-0.3, -0.25) is 4.79 Å². The van der Waals surface area contributed by atoms with Crippen LogP contribution in [0.4, 0.5) is 0 Å². The van der Waals surface area contributed by atoms with Gasteiger partial charge >= 0.3 is 0 Å². The van der Waals surface area contributed by atoms with E-state index in [-0.39, 0.29) is 11.9 Å². The Hall–Kier alpha value is -1.65. The molecule has 1 amide bonds. The van der Waals surface area contributed by atoms with E-state index in [1.165, 1.54) is 5.56 Å². The zero-order valence-corrected chi connectivity index (χ0v) is 15.6. The van der Waals surface area contributed by atoms with Crippen LogP contribution in [0.3, 0.4) is 0 Å². The topological polar surface area (TPSA) is 38.3 Å². The molecule has 0 bridgehead atoms. The molecule has 0 aliphatic carbocycles. The molecular weight excluding hydrogens is 318 g/mol. The minimum atomic E-state index is -0.0905. The Labute approximate surface area is 149 Å². The number of nitrogens with one attached hydrogen (secondary N) is 1. The van der Waals surface area contributed by atoms with Crippen LogP contribution < -0.4 is 5.32 Å². The van der Waals surface area contributed by atoms with Crippen LogP contribution in [0.15, 0.2) is 41.8 Å². The molecular formula is C20H27NO2S. The average molecular weight is 346 g/mol. The zero-order chi connectivity index (χ0) is 17.4. The van der Waals surface area contributed by atoms with Crippen molar-refractivity contribution in [2.45, 2.75) is 39.7 Å². The van der Waals surface area contributed by atoms with Crippen molar-refractivity contribution in [2.24, 2.45) is 5.92 Å². The Balaban J connectivity index is 2.10. The van der Waals surface area contributed by atoms with Gasteiger partial charge in [-0.2, -0.15) is 0 Å². The summed E-state index contributed by atoms with van der Waals surface area (Å²) in [5.41, 5.74) is 2.45. The molecule has 0 aliphatic rings. The molecule has 1 atom stereocenters. The summed E-state index contributed by atoms with van der Waals surface area (Å²) in [6, 6.07) is 12.6. The van der Waals surface area contributed by atoms with Crippen molar-refractivity contribution in [3.63, 3.8) is 0 Å². The molecule has 0 fully saturated rings. The Morgan fingerprint density at radius 1 is 1.21 bits per heavy atom. The molecule has 1 N–H and O–H groups in total. The smallest absolute Gasteiger partial charge is 0.223 e. The molecule has 0 aliphatic heterocycles. The summed E-state index contributed by atoms with van der Waals surface area (Å²) in [6.07, 6.45) is 1.46. The van der Waals surface area contributed by atoms with Gasteiger partial charge in [0, 0.05) is 17.9 Å². The largest absolute Gasteiger partial charge is 0.381 e. The Morgan fingerprint density at radius 2 is 1.96 bits per heavy atom. The molecule has 1 aromatic carbocycles. The first-order valence-electron chi connectivity index (χ1n) is 8.59. The van der Waals surface area contributed by atoms with Crippen molar-refractivity contribution in [3.05, 3.63) is 57.8 Å². The van der Waals surface area contributed by atoms with Gasteiger partial charge in [-0.15, -0.1) is 11.3 Å². The van der Waals surface area contributed by atoms with Crippen LogP contribution in [0.2, 0.25) is 0 Å². The molecule has 24 heavy (non-hydrogen) atoms. The molecule has 0 radical (unpaired) electrons. The predicted octanol–water partition coefficient (Wildman–Crippen LogP) is 4.58. The second-order valence-electron chi connectivity index (χ2n) is 6.30. The third-order valence-corrected chi connectivity index (χ3v) is 4.70. The minimum Gasteiger partial charge on any atom is -0.381 e. The van der Waals surface area contributed by atoms with E-state index in [4.69, 9.17) is 4.74 Å². The van der Waals surface area contributed by atoms with Gasteiger partial charge in [0.25, 0.3) is 0 Å². The first-order valence-corrected chi connectivity index (χ1v) is 9.47. The number of carbonyl (C=O) groups is 1. The lowest BCUT2D eigenvalue weighted by atomic mass is 9.98. The molecule has 2 aromatic rings. The van der Waals surface area contributed by atoms with Crippen molar-refractivity contribution < 1.29 is 9.53 Å². The molecule has 3 nitrogen and oxygen atoms in total. The Morgan fingerprint density at radius 3 is 2.54 bits per heavy atom. The van der Waals surface area contributed by atoms with Crippen LogP contribution in [0, 0.1) is 5.92 Å². The van der Waals surface area contributed by atoms with Gasteiger partial charge in [-0.1, -0.05) is 44.2 Å². The molecule has 1 aromatic heterocycles. The van der Waals surface area contributed by atoms with Gasteiger partial charge in [0.2, 0.25) is 5.91 Å². The standard InChI is InChI=1S/C20H27NO2S/c1-4-23-12-11-19(22)21-20(18-6-5-13-24-18)17-9-7-16(8-10-17)14-15(2)3/h5-10,13,15,20H,4,11-12,14H2,1-3H3,(H,21,22). The van der Waals surface area contributed by atoms with Gasteiger partial charge in [0.1, 0.15) is 0 Å². The van der Waals surface area contributed by atoms with E-state index in [1.54, 1.807) is 11.3 Å². The molecule has 130 valence electrons. The number of ether oxygens (including phenoxy) is 1. The second kappa shape index (κ2) is 9.60. The summed E-state index contributed by atoms with van der Waals surface area (Å²) in [5.74, 6) is 0.662. The lowest BCUT2D eigenvalue weighted by Crippen LogP contribution is -2.29. The molecule has 0 saturated carbocycles. The van der Waals surface area contributed by atoms with Gasteiger partial charge < -0.3 is 10.1 Å². The summed E-state index contributed by atoms with van der Waals surface area (Å²) in [5, 5.41) is 5.19. The number of rotatable bonds is 9. The summed E-state index contributed by atoms with van der Waals surface area (Å²) in [4.78, 5) is 13.4. The summed E-state index contributed by atoms with van der Waals surface area (Å²) in [6.45, 7) is 7.48. The van der Waals surface area contributed by atoms with Gasteiger partial charge in [-0.05, 0) is 41.8 Å². The van der Waals surface area contributed by atoms with Crippen molar-refractivity contribution >= 4 is 17.2 Å². The highest BCUT2D eigenvalue weighted by atomic mass is 32.1. The first kappa shape index (κ1) is 18.7. The maximum absolute atomic E-state index is 12.2. The molecule has 0 spiro atoms. The van der Waals surface area contributed by atoms with Crippen LogP contribution in [0.5, 0.6) is 0 Å². The number of amides is 1. The van der Waals surface area contributed by atoms with Gasteiger partial charge in [-0.25, -0.2) is 0 Å². The quantitative estimate of drug-likeness (QED) is 0.676. The monoisotopic (exact) mass is 345 g/mol. The molecule has 4 heteroatoms. The SMILES string of the molecule is CCOCCC(=O)NC(c1ccc(CC(C)C)cc1)c1cccs1. The third-order valence-electron chi connectivity index (χ3n) is 3.77. The van der Waals surface area contributed by atoms with Crippen molar-refractivity contribution in [1.82, 2.24) is 5.32 Å². The number of carbonyl (C=O) groups excluding carboxylic acids is 1. The summed E-state index contributed by atoms with van der Waals surface area (Å²) < 4.78 is 5.28. The lowest BCUT2D eigenvalue weighted by Gasteiger charge is -2.19. The average Bonchev–Trinajstić information content (AvgIpc) is 3.07. The number of hydrogen-bond donors (Lipinski definition) is 1. The molecule has 1 heterocycles. The zero-order valence-electron chi connectivity index (χ0n) is 14.7. The molecule has 2 rings (SSSR count). The van der Waals surface area contributed by atoms with Gasteiger partial charge in [0.05, 0.1) is 12.6 Å². The highest BCUT2D eigenvalue weighted by molar-refractivity contribution is 7.10. The van der Waals surface area contributed by atoms with E-state index in [0.717, 1.165) is 16.9 Å². The van der Waals surface area contributed by atoms with Crippen LogP contribution in [0.1, 0.15) is 49.2 Å². The van der Waals surface area contributed by atoms with Crippen LogP contribution in [-0.4, -0.2) is 19.1 Å². The minimum absolute atomic E-state index is 0.0214. The number of hydrogen-bond acceptors (Lipinski definition) is 3. The van der Waals surface area contributed by atoms with E-state index in [0.29, 0.717) is 25.6 Å². The maximum atomic E-state index is 12.2. The second-order valence-corrected chi connectivity index (χ2v) is 7.28. The number of benzene rings is 1. The van der Waals surface area contributed by atoms with Crippen molar-refractivity contribution in [3.8, 4) is 0 Å². The fourth-order valence-corrected chi connectivity index (χ4v) is 3.44. The fourth-order valence-electron chi connectivity index (χ4n) is 2.63. The Bertz CT molecular complexity index is 605. The number of thiophene rings is 1. The summed E-state index contributed by atoms with van der Waals surface area (Å²) >= 11 is 1.67. The summed E-state index contributed by atoms with van der Waals surface area (Å²) in [7, 11) is 0. The van der Waals surface area contributed by atoms with E-state index in [2.05, 4.69) is 49.5 Å². The van der Waals surface area contributed by atoms with E-state index in [1.807, 2.05) is 18.4 Å². The highest BCUT2D eigenvalue weighted by Crippen LogP contribution is 2.26. The van der Waals surface area contributed by atoms with Crippen molar-refractivity contribution in [2.75, 3.05) is 13.2 Å². The van der Waals surface area contributed by atoms with Gasteiger partial charge in [0.15, 0.2) is 0 Å². The van der Waals surface area contributed by atoms with E-state index in [9.17, 15) is 4.79 Å². The van der Waals surface area contributed by atoms with Crippen LogP contribution in [-0.2, 0) is 16.0 Å². The van der Waals surface area contributed by atoms with Crippen LogP contribution in [0.25, 0.3) is 0 Å². The first-order chi connectivity index (χ1) is 11.6.